The van der Waals surface area contributed by atoms with Gasteiger partial charge >= 0.3 is 71.0 Å². The summed E-state index contributed by atoms with van der Waals surface area (Å²) in [7, 11) is 0. The molecule has 0 unspecified atom stereocenters. The molecule has 0 aliphatic carbocycles. The number of hydrogen-bond acceptors (Lipinski definition) is 0. The van der Waals surface area contributed by atoms with E-state index in [4.69, 9.17) is 0 Å². The van der Waals surface area contributed by atoms with Crippen LogP contribution in [-0.4, -0.2) is 0 Å². The Labute approximate surface area is 71.3 Å². The molecule has 0 aromatic rings. The summed E-state index contributed by atoms with van der Waals surface area (Å²) in [6.07, 6.45) is 4.38. The molecule has 0 heterocycles. The summed E-state index contributed by atoms with van der Waals surface area (Å²) < 4.78 is 0. The van der Waals surface area contributed by atoms with Gasteiger partial charge in [-0.2, -0.15) is 0 Å². The van der Waals surface area contributed by atoms with E-state index in [0.717, 1.165) is 0 Å². The molecule has 1 heteroatoms. The van der Waals surface area contributed by atoms with Crippen molar-refractivity contribution in [3.8, 4) is 0 Å². The summed E-state index contributed by atoms with van der Waals surface area (Å²) >= 11 is -0.865. The standard InChI is InChI=1S/3C3H7.Zn/c3*1-3-2;/h3*1,3H2,2H3;. The van der Waals surface area contributed by atoms with Gasteiger partial charge in [-0.15, -0.1) is 0 Å². The third kappa shape index (κ3) is 5.41. The summed E-state index contributed by atoms with van der Waals surface area (Å²) in [5.41, 5.74) is 0. The summed E-state index contributed by atoms with van der Waals surface area (Å²) in [4.78, 5) is 0. The first kappa shape index (κ1) is 10.6. The van der Waals surface area contributed by atoms with E-state index in [0.29, 0.717) is 0 Å². The van der Waals surface area contributed by atoms with Crippen molar-refractivity contribution in [2.24, 2.45) is 0 Å². The van der Waals surface area contributed by atoms with Crippen LogP contribution in [0.2, 0.25) is 15.0 Å². The minimum atomic E-state index is -0.865. The van der Waals surface area contributed by atoms with Crippen LogP contribution < -0.4 is 0 Å². The first-order chi connectivity index (χ1) is 4.85. The fourth-order valence-corrected chi connectivity index (χ4v) is 10.5. The molecule has 0 radical (unpaired) electrons. The Balaban J connectivity index is 3.30. The average Bonchev–Trinajstić information content (AvgIpc) is 1.90. The van der Waals surface area contributed by atoms with Gasteiger partial charge in [0.1, 0.15) is 0 Å². The Morgan fingerprint density at radius 3 is 1.20 bits per heavy atom. The Morgan fingerprint density at radius 2 is 1.00 bits per heavy atom. The molecule has 0 spiro atoms. The van der Waals surface area contributed by atoms with Crippen LogP contribution in [0.4, 0.5) is 0 Å². The van der Waals surface area contributed by atoms with Gasteiger partial charge in [0.25, 0.3) is 0 Å². The fraction of sp³-hybridized carbons (Fsp3) is 1.00. The van der Waals surface area contributed by atoms with E-state index in [2.05, 4.69) is 20.8 Å². The molecular weight excluding hydrogens is 173 g/mol. The van der Waals surface area contributed by atoms with E-state index < -0.39 is 16.0 Å². The van der Waals surface area contributed by atoms with Gasteiger partial charge in [0.05, 0.1) is 0 Å². The molecule has 0 bridgehead atoms. The van der Waals surface area contributed by atoms with Crippen LogP contribution in [0.5, 0.6) is 0 Å². The van der Waals surface area contributed by atoms with Crippen LogP contribution in [0.25, 0.3) is 0 Å². The second-order valence-electron chi connectivity index (χ2n) is 3.62. The van der Waals surface area contributed by atoms with E-state index in [9.17, 15) is 0 Å². The zero-order valence-electron chi connectivity index (χ0n) is 7.95. The minimum absolute atomic E-state index is 0.865. The maximum absolute atomic E-state index is 2.34. The third-order valence-corrected chi connectivity index (χ3v) is 13.3. The van der Waals surface area contributed by atoms with Crippen molar-refractivity contribution in [2.45, 2.75) is 55.1 Å². The molecule has 0 saturated heterocycles. The van der Waals surface area contributed by atoms with Gasteiger partial charge < -0.3 is 0 Å². The normalized spacial score (nSPS) is 9.90. The summed E-state index contributed by atoms with van der Waals surface area (Å²) in [5.74, 6) is 0. The molecule has 0 saturated carbocycles. The molecule has 0 rings (SSSR count). The van der Waals surface area contributed by atoms with E-state index in [-0.39, 0.29) is 0 Å². The molecule has 0 aliphatic rings. The van der Waals surface area contributed by atoms with Crippen molar-refractivity contribution in [1.82, 2.24) is 0 Å². The van der Waals surface area contributed by atoms with Crippen molar-refractivity contribution >= 4 is 0 Å². The Morgan fingerprint density at radius 1 is 0.700 bits per heavy atom. The monoisotopic (exact) mass is 193 g/mol. The predicted octanol–water partition coefficient (Wildman–Crippen LogP) is 4.09. The van der Waals surface area contributed by atoms with Crippen LogP contribution >= 0.6 is 0 Å². The third-order valence-electron chi connectivity index (χ3n) is 2.56. The van der Waals surface area contributed by atoms with E-state index in [1.807, 2.05) is 0 Å². The molecule has 59 valence electrons. The molecule has 10 heavy (non-hydrogen) atoms. The molecule has 0 atom stereocenters. The Kier molecular flexibility index (Phi) is 8.21. The van der Waals surface area contributed by atoms with E-state index >= 15 is 0 Å². The summed E-state index contributed by atoms with van der Waals surface area (Å²) in [6, 6.07) is 0. The summed E-state index contributed by atoms with van der Waals surface area (Å²) in [5, 5.41) is 4.96. The SMILES string of the molecule is CC[CH2][Zn]([CH2]CC)[CH2]CC. The topological polar surface area (TPSA) is 0 Å². The van der Waals surface area contributed by atoms with Gasteiger partial charge in [-0.3, -0.25) is 0 Å². The number of hydrogen-bond donors (Lipinski definition) is 0. The van der Waals surface area contributed by atoms with Crippen molar-refractivity contribution in [2.75, 3.05) is 0 Å². The molecule has 0 aliphatic heterocycles. The molecule has 0 fully saturated rings. The van der Waals surface area contributed by atoms with Gasteiger partial charge in [0.2, 0.25) is 0 Å². The zero-order valence-corrected chi connectivity index (χ0v) is 10.9. The molecule has 0 N–H and O–H groups in total. The van der Waals surface area contributed by atoms with Crippen LogP contribution in [0.3, 0.4) is 0 Å². The van der Waals surface area contributed by atoms with Gasteiger partial charge in [-0.1, -0.05) is 0 Å². The average molecular weight is 195 g/mol. The maximum atomic E-state index is 2.34. The van der Waals surface area contributed by atoms with Crippen LogP contribution in [-0.2, 0) is 16.0 Å². The van der Waals surface area contributed by atoms with Crippen LogP contribution in [0.1, 0.15) is 40.0 Å². The fourth-order valence-electron chi connectivity index (χ4n) is 2.03. The van der Waals surface area contributed by atoms with Gasteiger partial charge in [-0.25, -0.2) is 0 Å². The predicted molar refractivity (Wildman–Crippen MR) is 45.3 cm³/mol. The number of rotatable bonds is 6. The first-order valence-electron chi connectivity index (χ1n) is 5.12. The Hall–Kier alpha value is 0.623. The van der Waals surface area contributed by atoms with Crippen LogP contribution in [0.15, 0.2) is 0 Å². The van der Waals surface area contributed by atoms with Crippen molar-refractivity contribution in [3.63, 3.8) is 0 Å². The second kappa shape index (κ2) is 7.73. The zero-order chi connectivity index (χ0) is 7.82. The molecule has 0 aromatic heterocycles. The van der Waals surface area contributed by atoms with E-state index in [1.165, 1.54) is 19.3 Å². The van der Waals surface area contributed by atoms with E-state index in [1.54, 1.807) is 15.0 Å². The second-order valence-corrected chi connectivity index (χ2v) is 12.5. The van der Waals surface area contributed by atoms with Crippen molar-refractivity contribution < 1.29 is 16.0 Å². The quantitative estimate of drug-likeness (QED) is 0.559. The molecule has 0 nitrogen and oxygen atoms in total. The molecule has 0 aromatic carbocycles. The molecular formula is C9H21Zn. The first-order valence-corrected chi connectivity index (χ1v) is 11.4. The molecule has 0 amide bonds. The Bertz CT molecular complexity index is 47.5. The van der Waals surface area contributed by atoms with Crippen molar-refractivity contribution in [3.05, 3.63) is 0 Å². The van der Waals surface area contributed by atoms with Crippen molar-refractivity contribution in [1.29, 1.82) is 0 Å². The van der Waals surface area contributed by atoms with Gasteiger partial charge in [0, 0.05) is 0 Å². The van der Waals surface area contributed by atoms with Crippen LogP contribution in [0, 0.1) is 0 Å². The van der Waals surface area contributed by atoms with Gasteiger partial charge in [0.15, 0.2) is 0 Å². The van der Waals surface area contributed by atoms with Gasteiger partial charge in [-0.05, 0) is 0 Å². The summed E-state index contributed by atoms with van der Waals surface area (Å²) in [6.45, 7) is 7.03.